The van der Waals surface area contributed by atoms with Gasteiger partial charge in [0.25, 0.3) is 0 Å². The number of hydrogen-bond donors (Lipinski definition) is 2. The molecule has 0 amide bonds. The van der Waals surface area contributed by atoms with E-state index in [1.165, 1.54) is 5.69 Å². The van der Waals surface area contributed by atoms with Crippen LogP contribution < -0.4 is 5.32 Å². The van der Waals surface area contributed by atoms with Crippen molar-refractivity contribution in [1.82, 2.24) is 20.2 Å². The molecule has 0 radical (unpaired) electrons. The number of aromatic nitrogens is 2. The van der Waals surface area contributed by atoms with E-state index in [0.29, 0.717) is 6.04 Å². The molecule has 0 atom stereocenters. The summed E-state index contributed by atoms with van der Waals surface area (Å²) in [6.07, 6.45) is 2.75. The van der Waals surface area contributed by atoms with E-state index >= 15 is 0 Å². The second-order valence-corrected chi connectivity index (χ2v) is 4.49. The van der Waals surface area contributed by atoms with Crippen LogP contribution >= 0.6 is 24.6 Å². The Kier molecular flexibility index (Phi) is 4.56. The Morgan fingerprint density at radius 3 is 3.06 bits per heavy atom. The Morgan fingerprint density at radius 2 is 2.38 bits per heavy atom. The molecule has 1 aromatic heterocycles. The Bertz CT molecular complexity index is 363. The molecule has 0 saturated carbocycles. The summed E-state index contributed by atoms with van der Waals surface area (Å²) in [5.41, 5.74) is 2.37. The van der Waals surface area contributed by atoms with Crippen LogP contribution in [0.2, 0.25) is 0 Å². The Morgan fingerprint density at radius 1 is 1.62 bits per heavy atom. The Labute approximate surface area is 107 Å². The highest BCUT2D eigenvalue weighted by Crippen LogP contribution is 2.14. The summed E-state index contributed by atoms with van der Waals surface area (Å²) >= 11 is 5.33. The van der Waals surface area contributed by atoms with Gasteiger partial charge in [0, 0.05) is 24.7 Å². The summed E-state index contributed by atoms with van der Waals surface area (Å²) in [5.74, 6) is 0. The van der Waals surface area contributed by atoms with Crippen molar-refractivity contribution in [2.24, 2.45) is 0 Å². The van der Waals surface area contributed by atoms with Crippen LogP contribution in [-0.4, -0.2) is 32.6 Å². The number of aromatic amines is 1. The normalized spacial score (nSPS) is 14.3. The second kappa shape index (κ2) is 5.50. The fraction of sp³-hybridized carbons (Fsp3) is 0.600. The van der Waals surface area contributed by atoms with Crippen molar-refractivity contribution in [1.29, 1.82) is 0 Å². The zero-order chi connectivity index (χ0) is 10.8. The molecule has 0 aromatic carbocycles. The van der Waals surface area contributed by atoms with Gasteiger partial charge in [0.1, 0.15) is 0 Å². The minimum Gasteiger partial charge on any atom is -0.360 e. The number of imidazole rings is 1. The van der Waals surface area contributed by atoms with Crippen LogP contribution in [0.5, 0.6) is 0 Å². The largest absolute Gasteiger partial charge is 0.360 e. The Hall–Kier alpha value is -0.810. The number of fused-ring (bicyclic) bond motifs is 1. The van der Waals surface area contributed by atoms with E-state index in [1.807, 2.05) is 0 Å². The summed E-state index contributed by atoms with van der Waals surface area (Å²) in [6, 6.07) is 0.387. The molecule has 2 heterocycles. The van der Waals surface area contributed by atoms with Gasteiger partial charge in [0.05, 0.1) is 18.6 Å². The van der Waals surface area contributed by atoms with Crippen molar-refractivity contribution in [3.05, 3.63) is 17.7 Å². The first-order valence-electron chi connectivity index (χ1n) is 5.23. The molecule has 1 aromatic rings. The van der Waals surface area contributed by atoms with E-state index in [9.17, 15) is 0 Å². The van der Waals surface area contributed by atoms with Crippen molar-refractivity contribution >= 4 is 29.7 Å². The zero-order valence-electron chi connectivity index (χ0n) is 9.49. The molecule has 1 aliphatic rings. The second-order valence-electron chi connectivity index (χ2n) is 4.10. The minimum absolute atomic E-state index is 0. The fourth-order valence-electron chi connectivity index (χ4n) is 1.72. The standard InChI is InChI=1S/C10H16N4S.ClH/c1-7(2)13-10(15)14-4-3-8-9(5-14)12-6-11-8;/h6-7H,3-5H2,1-2H3,(H,11,12)(H,13,15);1H. The van der Waals surface area contributed by atoms with Crippen molar-refractivity contribution in [3.8, 4) is 0 Å². The molecule has 16 heavy (non-hydrogen) atoms. The quantitative estimate of drug-likeness (QED) is 0.751. The lowest BCUT2D eigenvalue weighted by Crippen LogP contribution is -2.44. The van der Waals surface area contributed by atoms with E-state index < -0.39 is 0 Å². The molecule has 0 bridgehead atoms. The van der Waals surface area contributed by atoms with E-state index in [4.69, 9.17) is 12.2 Å². The van der Waals surface area contributed by atoms with Gasteiger partial charge in [0.2, 0.25) is 0 Å². The van der Waals surface area contributed by atoms with Crippen molar-refractivity contribution < 1.29 is 0 Å². The maximum atomic E-state index is 5.33. The first kappa shape index (κ1) is 13.3. The summed E-state index contributed by atoms with van der Waals surface area (Å²) in [7, 11) is 0. The van der Waals surface area contributed by atoms with Gasteiger partial charge in [-0.1, -0.05) is 0 Å². The highest BCUT2D eigenvalue weighted by Gasteiger charge is 2.20. The van der Waals surface area contributed by atoms with Crippen LogP contribution in [0.1, 0.15) is 25.2 Å². The van der Waals surface area contributed by atoms with Crippen LogP contribution in [-0.2, 0) is 13.0 Å². The van der Waals surface area contributed by atoms with E-state index in [2.05, 4.69) is 34.0 Å². The third-order valence-electron chi connectivity index (χ3n) is 2.48. The number of nitrogens with one attached hydrogen (secondary N) is 2. The third kappa shape index (κ3) is 2.86. The lowest BCUT2D eigenvalue weighted by atomic mass is 10.1. The lowest BCUT2D eigenvalue weighted by Gasteiger charge is -2.29. The molecule has 1 aliphatic heterocycles. The number of halogens is 1. The van der Waals surface area contributed by atoms with E-state index in [1.54, 1.807) is 6.33 Å². The van der Waals surface area contributed by atoms with Crippen molar-refractivity contribution in [2.75, 3.05) is 6.54 Å². The van der Waals surface area contributed by atoms with Crippen LogP contribution in [0.25, 0.3) is 0 Å². The van der Waals surface area contributed by atoms with Crippen LogP contribution in [0, 0.1) is 0 Å². The van der Waals surface area contributed by atoms with Gasteiger partial charge < -0.3 is 15.2 Å². The Balaban J connectivity index is 0.00000128. The van der Waals surface area contributed by atoms with Crippen molar-refractivity contribution in [3.63, 3.8) is 0 Å². The molecule has 2 N–H and O–H groups in total. The molecule has 6 heteroatoms. The summed E-state index contributed by atoms with van der Waals surface area (Å²) in [5, 5.41) is 4.09. The molecule has 0 unspecified atom stereocenters. The number of hydrogen-bond acceptors (Lipinski definition) is 2. The summed E-state index contributed by atoms with van der Waals surface area (Å²) < 4.78 is 0. The predicted octanol–water partition coefficient (Wildman–Crippen LogP) is 1.47. The van der Waals surface area contributed by atoms with E-state index in [-0.39, 0.29) is 12.4 Å². The number of nitrogens with zero attached hydrogens (tertiary/aromatic N) is 2. The third-order valence-corrected chi connectivity index (χ3v) is 2.86. The first-order valence-corrected chi connectivity index (χ1v) is 5.64. The molecular weight excluding hydrogens is 244 g/mol. The predicted molar refractivity (Wildman–Crippen MR) is 70.8 cm³/mol. The zero-order valence-corrected chi connectivity index (χ0v) is 11.1. The van der Waals surface area contributed by atoms with Gasteiger partial charge in [-0.25, -0.2) is 4.98 Å². The van der Waals surface area contributed by atoms with Crippen LogP contribution in [0.3, 0.4) is 0 Å². The number of thiocarbonyl (C=S) groups is 1. The lowest BCUT2D eigenvalue weighted by molar-refractivity contribution is 0.377. The molecule has 4 nitrogen and oxygen atoms in total. The van der Waals surface area contributed by atoms with Gasteiger partial charge in [0.15, 0.2) is 5.11 Å². The van der Waals surface area contributed by atoms with Gasteiger partial charge in [-0.2, -0.15) is 0 Å². The molecule has 90 valence electrons. The number of H-pyrrole nitrogens is 1. The maximum absolute atomic E-state index is 5.33. The maximum Gasteiger partial charge on any atom is 0.169 e. The number of rotatable bonds is 1. The topological polar surface area (TPSA) is 44.0 Å². The smallest absolute Gasteiger partial charge is 0.169 e. The molecule has 0 fully saturated rings. The van der Waals surface area contributed by atoms with Gasteiger partial charge >= 0.3 is 0 Å². The molecule has 2 rings (SSSR count). The molecular formula is C10H17ClN4S. The molecule has 0 spiro atoms. The summed E-state index contributed by atoms with van der Waals surface area (Å²) in [6.45, 7) is 5.97. The molecule has 0 saturated heterocycles. The van der Waals surface area contributed by atoms with Crippen LogP contribution in [0.4, 0.5) is 0 Å². The van der Waals surface area contributed by atoms with Gasteiger partial charge in [-0.3, -0.25) is 0 Å². The van der Waals surface area contributed by atoms with Gasteiger partial charge in [-0.05, 0) is 26.1 Å². The SMILES string of the molecule is CC(C)NC(=S)N1CCc2[nH]cnc2C1.Cl. The average molecular weight is 261 g/mol. The molecule has 0 aliphatic carbocycles. The first-order chi connectivity index (χ1) is 7.16. The fourth-order valence-corrected chi connectivity index (χ4v) is 2.11. The highest BCUT2D eigenvalue weighted by atomic mass is 35.5. The van der Waals surface area contributed by atoms with Gasteiger partial charge in [-0.15, -0.1) is 12.4 Å². The monoisotopic (exact) mass is 260 g/mol. The van der Waals surface area contributed by atoms with E-state index in [0.717, 1.165) is 30.3 Å². The van der Waals surface area contributed by atoms with Crippen LogP contribution in [0.15, 0.2) is 6.33 Å². The summed E-state index contributed by atoms with van der Waals surface area (Å²) in [4.78, 5) is 9.61. The van der Waals surface area contributed by atoms with Crippen molar-refractivity contribution in [2.45, 2.75) is 32.9 Å². The average Bonchev–Trinajstić information content (AvgIpc) is 2.62. The highest BCUT2D eigenvalue weighted by molar-refractivity contribution is 7.80. The minimum atomic E-state index is 0.